The summed E-state index contributed by atoms with van der Waals surface area (Å²) >= 11 is 1.69. The molecule has 0 unspecified atom stereocenters. The third kappa shape index (κ3) is 1.12. The Morgan fingerprint density at radius 1 is 1.29 bits per heavy atom. The second kappa shape index (κ2) is 2.92. The predicted octanol–water partition coefficient (Wildman–Crippen LogP) is 2.46. The minimum Gasteiger partial charge on any atom is -0.237 e. The Bertz CT molecular complexity index is 521. The van der Waals surface area contributed by atoms with E-state index < -0.39 is 0 Å². The second-order valence-corrected chi connectivity index (χ2v) is 3.88. The summed E-state index contributed by atoms with van der Waals surface area (Å²) < 4.78 is 1.79. The van der Waals surface area contributed by atoms with E-state index in [9.17, 15) is 0 Å². The van der Waals surface area contributed by atoms with Crippen molar-refractivity contribution in [3.05, 3.63) is 42.0 Å². The van der Waals surface area contributed by atoms with Crippen LogP contribution in [-0.2, 0) is 0 Å². The molecule has 0 aromatic carbocycles. The van der Waals surface area contributed by atoms with Crippen LogP contribution < -0.4 is 0 Å². The van der Waals surface area contributed by atoms with Crippen LogP contribution in [0, 0.1) is 0 Å². The zero-order chi connectivity index (χ0) is 9.38. The summed E-state index contributed by atoms with van der Waals surface area (Å²) in [5, 5.41) is 6.47. The van der Waals surface area contributed by atoms with Gasteiger partial charge in [0.15, 0.2) is 5.65 Å². The number of fused-ring (bicyclic) bond motifs is 1. The maximum Gasteiger partial charge on any atom is 0.155 e. The number of nitrogens with zero attached hydrogens (tertiary/aromatic N) is 3. The van der Waals surface area contributed by atoms with Gasteiger partial charge in [0, 0.05) is 18.5 Å². The van der Waals surface area contributed by atoms with Crippen LogP contribution in [0.1, 0.15) is 0 Å². The molecule has 0 radical (unpaired) electrons. The normalized spacial score (nSPS) is 10.9. The standard InChI is InChI=1S/C10H7N3S/c1-3-9(14-6-1)8-7-10-11-4-2-5-13(10)12-8/h1-7H. The van der Waals surface area contributed by atoms with Gasteiger partial charge in [-0.25, -0.2) is 9.50 Å². The van der Waals surface area contributed by atoms with Gasteiger partial charge in [-0.1, -0.05) is 6.07 Å². The highest BCUT2D eigenvalue weighted by Gasteiger charge is 2.04. The molecule has 3 aromatic rings. The van der Waals surface area contributed by atoms with Crippen molar-refractivity contribution < 1.29 is 0 Å². The molecule has 3 nitrogen and oxygen atoms in total. The Kier molecular flexibility index (Phi) is 1.61. The van der Waals surface area contributed by atoms with Crippen molar-refractivity contribution in [2.24, 2.45) is 0 Å². The third-order valence-corrected chi connectivity index (χ3v) is 2.90. The van der Waals surface area contributed by atoms with E-state index in [0.717, 1.165) is 11.3 Å². The maximum atomic E-state index is 4.42. The van der Waals surface area contributed by atoms with Crippen LogP contribution in [0.5, 0.6) is 0 Å². The van der Waals surface area contributed by atoms with Gasteiger partial charge >= 0.3 is 0 Å². The highest BCUT2D eigenvalue weighted by molar-refractivity contribution is 7.13. The molecule has 0 aliphatic rings. The number of hydrogen-bond donors (Lipinski definition) is 0. The SMILES string of the molecule is c1csc(-c2cc3ncccn3n2)c1. The van der Waals surface area contributed by atoms with Crippen molar-refractivity contribution >= 4 is 17.0 Å². The Morgan fingerprint density at radius 3 is 3.07 bits per heavy atom. The lowest BCUT2D eigenvalue weighted by Crippen LogP contribution is -1.86. The van der Waals surface area contributed by atoms with Gasteiger partial charge in [-0.05, 0) is 17.5 Å². The average Bonchev–Trinajstić information content (AvgIpc) is 2.86. The minimum atomic E-state index is 0.885. The van der Waals surface area contributed by atoms with E-state index in [2.05, 4.69) is 16.1 Å². The molecular weight excluding hydrogens is 194 g/mol. The quantitative estimate of drug-likeness (QED) is 0.605. The highest BCUT2D eigenvalue weighted by Crippen LogP contribution is 2.23. The van der Waals surface area contributed by atoms with E-state index in [4.69, 9.17) is 0 Å². The van der Waals surface area contributed by atoms with Crippen LogP contribution in [0.15, 0.2) is 42.0 Å². The molecule has 68 valence electrons. The fraction of sp³-hybridized carbons (Fsp3) is 0. The number of rotatable bonds is 1. The Hall–Kier alpha value is -1.68. The predicted molar refractivity (Wildman–Crippen MR) is 56.3 cm³/mol. The summed E-state index contributed by atoms with van der Waals surface area (Å²) in [5.41, 5.74) is 1.87. The molecule has 0 aliphatic heterocycles. The Balaban J connectivity index is 2.24. The summed E-state index contributed by atoms with van der Waals surface area (Å²) in [6.07, 6.45) is 3.68. The molecule has 3 aromatic heterocycles. The van der Waals surface area contributed by atoms with Crippen molar-refractivity contribution in [2.45, 2.75) is 0 Å². The first-order chi connectivity index (χ1) is 6.93. The largest absolute Gasteiger partial charge is 0.237 e. The van der Waals surface area contributed by atoms with E-state index in [1.54, 1.807) is 22.0 Å². The van der Waals surface area contributed by atoms with E-state index in [1.807, 2.05) is 29.8 Å². The van der Waals surface area contributed by atoms with Gasteiger partial charge < -0.3 is 0 Å². The van der Waals surface area contributed by atoms with Crippen molar-refractivity contribution in [3.8, 4) is 10.6 Å². The van der Waals surface area contributed by atoms with Crippen LogP contribution in [0.25, 0.3) is 16.2 Å². The molecule has 0 fully saturated rings. The maximum absolute atomic E-state index is 4.42. The van der Waals surface area contributed by atoms with Gasteiger partial charge in [0.05, 0.1) is 4.88 Å². The Morgan fingerprint density at radius 2 is 2.29 bits per heavy atom. The molecule has 4 heteroatoms. The number of aromatic nitrogens is 3. The van der Waals surface area contributed by atoms with Crippen LogP contribution in [0.4, 0.5) is 0 Å². The second-order valence-electron chi connectivity index (χ2n) is 2.93. The van der Waals surface area contributed by atoms with Gasteiger partial charge in [-0.15, -0.1) is 11.3 Å². The van der Waals surface area contributed by atoms with Crippen LogP contribution in [-0.4, -0.2) is 14.6 Å². The van der Waals surface area contributed by atoms with Gasteiger partial charge in [-0.2, -0.15) is 5.10 Å². The van der Waals surface area contributed by atoms with Gasteiger partial charge in [0.2, 0.25) is 0 Å². The van der Waals surface area contributed by atoms with E-state index in [1.165, 1.54) is 4.88 Å². The molecule has 0 spiro atoms. The zero-order valence-corrected chi connectivity index (χ0v) is 8.11. The van der Waals surface area contributed by atoms with Gasteiger partial charge in [0.25, 0.3) is 0 Å². The lowest BCUT2D eigenvalue weighted by molar-refractivity contribution is 0.944. The summed E-state index contributed by atoms with van der Waals surface area (Å²) in [5.74, 6) is 0. The molecule has 3 heterocycles. The number of thiophene rings is 1. The summed E-state index contributed by atoms with van der Waals surface area (Å²) in [6, 6.07) is 7.95. The molecule has 0 amide bonds. The summed E-state index contributed by atoms with van der Waals surface area (Å²) in [6.45, 7) is 0. The lowest BCUT2D eigenvalue weighted by atomic mass is 10.3. The van der Waals surface area contributed by atoms with Crippen molar-refractivity contribution in [1.29, 1.82) is 0 Å². The molecule has 0 atom stereocenters. The first-order valence-corrected chi connectivity index (χ1v) is 5.16. The molecule has 0 saturated heterocycles. The third-order valence-electron chi connectivity index (χ3n) is 2.01. The molecule has 14 heavy (non-hydrogen) atoms. The fourth-order valence-corrected chi connectivity index (χ4v) is 2.06. The molecule has 0 aliphatic carbocycles. The lowest BCUT2D eigenvalue weighted by Gasteiger charge is -1.87. The Labute approximate surface area is 84.7 Å². The van der Waals surface area contributed by atoms with Gasteiger partial charge in [0.1, 0.15) is 5.69 Å². The minimum absolute atomic E-state index is 0.885. The van der Waals surface area contributed by atoms with Crippen molar-refractivity contribution in [3.63, 3.8) is 0 Å². The smallest absolute Gasteiger partial charge is 0.155 e. The molecule has 0 N–H and O–H groups in total. The summed E-state index contributed by atoms with van der Waals surface area (Å²) in [4.78, 5) is 5.39. The fourth-order valence-electron chi connectivity index (χ4n) is 1.37. The zero-order valence-electron chi connectivity index (χ0n) is 7.29. The molecule has 0 saturated carbocycles. The molecular formula is C10H7N3S. The van der Waals surface area contributed by atoms with E-state index >= 15 is 0 Å². The van der Waals surface area contributed by atoms with Crippen molar-refractivity contribution in [1.82, 2.24) is 14.6 Å². The monoisotopic (exact) mass is 201 g/mol. The van der Waals surface area contributed by atoms with Crippen molar-refractivity contribution in [2.75, 3.05) is 0 Å². The molecule has 0 bridgehead atoms. The van der Waals surface area contributed by atoms with E-state index in [0.29, 0.717) is 0 Å². The van der Waals surface area contributed by atoms with Crippen LogP contribution in [0.2, 0.25) is 0 Å². The van der Waals surface area contributed by atoms with Gasteiger partial charge in [-0.3, -0.25) is 0 Å². The van der Waals surface area contributed by atoms with Crippen LogP contribution >= 0.6 is 11.3 Å². The van der Waals surface area contributed by atoms with E-state index in [-0.39, 0.29) is 0 Å². The highest BCUT2D eigenvalue weighted by atomic mass is 32.1. The number of hydrogen-bond acceptors (Lipinski definition) is 3. The summed E-state index contributed by atoms with van der Waals surface area (Å²) in [7, 11) is 0. The van der Waals surface area contributed by atoms with Crippen LogP contribution in [0.3, 0.4) is 0 Å². The average molecular weight is 201 g/mol. The topological polar surface area (TPSA) is 30.2 Å². The first-order valence-electron chi connectivity index (χ1n) is 4.28. The molecule has 3 rings (SSSR count). The first kappa shape index (κ1) is 7.70.